The summed E-state index contributed by atoms with van der Waals surface area (Å²) in [5.41, 5.74) is 4.40. The summed E-state index contributed by atoms with van der Waals surface area (Å²) in [7, 11) is -0.463. The van der Waals surface area contributed by atoms with Gasteiger partial charge in [0.1, 0.15) is 0 Å². The van der Waals surface area contributed by atoms with E-state index in [9.17, 15) is 4.89 Å². The van der Waals surface area contributed by atoms with E-state index >= 15 is 0 Å². The largest absolute Gasteiger partial charge is 0.372 e. The van der Waals surface area contributed by atoms with Crippen LogP contribution in [0.25, 0.3) is 32.7 Å². The Balaban J connectivity index is 1.66. The van der Waals surface area contributed by atoms with E-state index in [-0.39, 0.29) is 16.7 Å². The van der Waals surface area contributed by atoms with Gasteiger partial charge in [0.15, 0.2) is 0 Å². The molecule has 0 radical (unpaired) electrons. The Morgan fingerprint density at radius 3 is 1.66 bits per heavy atom. The topological polar surface area (TPSA) is 20.2 Å². The van der Waals surface area contributed by atoms with Gasteiger partial charge in [0, 0.05) is 19.7 Å². The molecule has 180 valence electrons. The fraction of sp³-hybridized carbons (Fsp3) is 0.375. The van der Waals surface area contributed by atoms with Gasteiger partial charge in [0.2, 0.25) is 0 Å². The monoisotopic (exact) mass is 498 g/mol. The maximum atomic E-state index is 10.6. The van der Waals surface area contributed by atoms with Crippen molar-refractivity contribution in [2.75, 3.05) is 0 Å². The van der Waals surface area contributed by atoms with Crippen LogP contribution in [-0.4, -0.2) is 16.2 Å². The van der Waals surface area contributed by atoms with Crippen LogP contribution in [0.4, 0.5) is 0 Å². The molecule has 0 spiro atoms. The van der Waals surface area contributed by atoms with Gasteiger partial charge in [-0.3, -0.25) is 0 Å². The predicted molar refractivity (Wildman–Crippen MR) is 157 cm³/mol. The fourth-order valence-corrected chi connectivity index (χ4v) is 11.3. The fourth-order valence-electron chi connectivity index (χ4n) is 6.78. The van der Waals surface area contributed by atoms with Crippen molar-refractivity contribution < 1.29 is 4.89 Å². The molecule has 1 nitrogen and oxygen atoms in total. The first-order chi connectivity index (χ1) is 17.3. The lowest BCUT2D eigenvalue weighted by molar-refractivity contribution is 0.487. The van der Waals surface area contributed by atoms with Gasteiger partial charge in [-0.05, 0) is 69.4 Å². The standard InChI is InChI=1S/C32H36OP2/c33-34-29-21-19-23-11-7-9-17-27(23)31(29)32-28-18-10-8-12-24(28)20-22-30(32)35(25-13-3-1-4-14-25)26-15-5-2-6-16-26/h7-12,17-22,25-26,33-34H,1-6,13-16H2. The third kappa shape index (κ3) is 4.57. The van der Waals surface area contributed by atoms with Gasteiger partial charge >= 0.3 is 0 Å². The highest BCUT2D eigenvalue weighted by molar-refractivity contribution is 7.67. The van der Waals surface area contributed by atoms with Crippen LogP contribution in [0.3, 0.4) is 0 Å². The molecule has 1 atom stereocenters. The molecule has 2 aliphatic carbocycles. The number of hydrogen-bond donors (Lipinski definition) is 1. The minimum Gasteiger partial charge on any atom is -0.372 e. The molecule has 2 saturated carbocycles. The first-order valence-electron chi connectivity index (χ1n) is 13.6. The molecule has 4 aromatic rings. The number of hydrogen-bond acceptors (Lipinski definition) is 1. The lowest BCUT2D eigenvalue weighted by Gasteiger charge is -2.40. The number of benzene rings is 4. The van der Waals surface area contributed by atoms with Gasteiger partial charge in [-0.1, -0.05) is 119 Å². The minimum absolute atomic E-state index is 0.201. The molecule has 0 heterocycles. The lowest BCUT2D eigenvalue weighted by atomic mass is 9.93. The van der Waals surface area contributed by atoms with Crippen molar-refractivity contribution in [1.29, 1.82) is 0 Å². The summed E-state index contributed by atoms with van der Waals surface area (Å²) in [4.78, 5) is 10.6. The quantitative estimate of drug-likeness (QED) is 0.273. The molecular formula is C32H36OP2. The van der Waals surface area contributed by atoms with Crippen LogP contribution >= 0.6 is 16.7 Å². The maximum Gasteiger partial charge on any atom is 0.0426 e. The summed E-state index contributed by atoms with van der Waals surface area (Å²) in [6, 6.07) is 27.0. The maximum absolute atomic E-state index is 10.6. The van der Waals surface area contributed by atoms with Gasteiger partial charge in [-0.2, -0.15) is 0 Å². The Bertz CT molecular complexity index is 1300. The molecule has 6 rings (SSSR count). The molecule has 0 aromatic heterocycles. The average molecular weight is 499 g/mol. The Morgan fingerprint density at radius 2 is 1.09 bits per heavy atom. The third-order valence-electron chi connectivity index (χ3n) is 8.42. The summed E-state index contributed by atoms with van der Waals surface area (Å²) < 4.78 is 0. The van der Waals surface area contributed by atoms with Crippen molar-refractivity contribution in [3.05, 3.63) is 72.8 Å². The second kappa shape index (κ2) is 10.7. The van der Waals surface area contributed by atoms with E-state index in [1.54, 1.807) is 5.30 Å². The van der Waals surface area contributed by atoms with Crippen molar-refractivity contribution in [3.63, 3.8) is 0 Å². The third-order valence-corrected chi connectivity index (χ3v) is 12.6. The minimum atomic E-state index is -0.261. The molecule has 1 N–H and O–H groups in total. The molecule has 0 amide bonds. The van der Waals surface area contributed by atoms with Crippen molar-refractivity contribution in [1.82, 2.24) is 0 Å². The molecule has 3 heteroatoms. The van der Waals surface area contributed by atoms with E-state index in [2.05, 4.69) is 72.8 Å². The highest BCUT2D eigenvalue weighted by atomic mass is 31.1. The summed E-state index contributed by atoms with van der Waals surface area (Å²) in [6.45, 7) is 0. The zero-order valence-electron chi connectivity index (χ0n) is 20.5. The molecular weight excluding hydrogens is 462 g/mol. The second-order valence-corrected chi connectivity index (χ2v) is 14.0. The van der Waals surface area contributed by atoms with Crippen LogP contribution in [-0.2, 0) is 0 Å². The Morgan fingerprint density at radius 1 is 0.571 bits per heavy atom. The van der Waals surface area contributed by atoms with Gasteiger partial charge in [0.05, 0.1) is 0 Å². The van der Waals surface area contributed by atoms with Gasteiger partial charge in [-0.25, -0.2) is 0 Å². The van der Waals surface area contributed by atoms with E-state index in [4.69, 9.17) is 0 Å². The van der Waals surface area contributed by atoms with E-state index in [1.165, 1.54) is 96.9 Å². The lowest BCUT2D eigenvalue weighted by Crippen LogP contribution is -2.27. The molecule has 2 fully saturated rings. The molecule has 0 aliphatic heterocycles. The van der Waals surface area contributed by atoms with E-state index in [0.29, 0.717) is 0 Å². The Kier molecular flexibility index (Phi) is 7.21. The van der Waals surface area contributed by atoms with E-state index < -0.39 is 0 Å². The van der Waals surface area contributed by atoms with Crippen LogP contribution in [0.1, 0.15) is 64.2 Å². The summed E-state index contributed by atoms with van der Waals surface area (Å²) in [6.07, 6.45) is 14.0. The normalized spacial score (nSPS) is 18.3. The van der Waals surface area contributed by atoms with Crippen molar-refractivity contribution in [2.24, 2.45) is 0 Å². The van der Waals surface area contributed by atoms with Crippen molar-refractivity contribution in [2.45, 2.75) is 75.5 Å². The summed E-state index contributed by atoms with van der Waals surface area (Å²) in [5, 5.41) is 7.93. The van der Waals surface area contributed by atoms with Crippen molar-refractivity contribution in [3.8, 4) is 11.1 Å². The van der Waals surface area contributed by atoms with Gasteiger partial charge in [-0.15, -0.1) is 0 Å². The van der Waals surface area contributed by atoms with Crippen LogP contribution in [0.2, 0.25) is 0 Å². The van der Waals surface area contributed by atoms with Crippen LogP contribution < -0.4 is 10.6 Å². The summed E-state index contributed by atoms with van der Waals surface area (Å²) in [5.74, 6) is 0. The second-order valence-electron chi connectivity index (χ2n) is 10.5. The smallest absolute Gasteiger partial charge is 0.0426 e. The molecule has 1 unspecified atom stereocenters. The molecule has 0 bridgehead atoms. The first-order valence-corrected chi connectivity index (χ1v) is 16.0. The zero-order valence-corrected chi connectivity index (χ0v) is 22.4. The highest BCUT2D eigenvalue weighted by Crippen LogP contribution is 2.57. The molecule has 0 saturated heterocycles. The number of fused-ring (bicyclic) bond motifs is 2. The summed E-state index contributed by atoms with van der Waals surface area (Å²) >= 11 is 0. The average Bonchev–Trinajstić information content (AvgIpc) is 2.94. The van der Waals surface area contributed by atoms with E-state index in [0.717, 1.165) is 16.6 Å². The SMILES string of the molecule is OPc1ccc2ccccc2c1-c1c(P(C2CCCCC2)C2CCCCC2)ccc2ccccc12. The van der Waals surface area contributed by atoms with Crippen molar-refractivity contribution >= 4 is 48.9 Å². The van der Waals surface area contributed by atoms with Gasteiger partial charge < -0.3 is 4.89 Å². The Hall–Kier alpha value is -1.78. The first kappa shape index (κ1) is 23.6. The zero-order chi connectivity index (χ0) is 23.6. The van der Waals surface area contributed by atoms with Crippen LogP contribution in [0.15, 0.2) is 72.8 Å². The van der Waals surface area contributed by atoms with Gasteiger partial charge in [0.25, 0.3) is 0 Å². The molecule has 2 aliphatic rings. The highest BCUT2D eigenvalue weighted by Gasteiger charge is 2.34. The van der Waals surface area contributed by atoms with Crippen LogP contribution in [0.5, 0.6) is 0 Å². The number of rotatable bonds is 5. The molecule has 35 heavy (non-hydrogen) atoms. The molecule has 4 aromatic carbocycles. The van der Waals surface area contributed by atoms with E-state index in [1.807, 2.05) is 0 Å². The predicted octanol–water partition coefficient (Wildman–Crippen LogP) is 8.64. The van der Waals surface area contributed by atoms with Crippen LogP contribution in [0, 0.1) is 0 Å². The Labute approximate surface area is 213 Å².